The van der Waals surface area contributed by atoms with Crippen molar-refractivity contribution in [3.63, 3.8) is 0 Å². The molecule has 1 atom stereocenters. The third kappa shape index (κ3) is 3.19. The maximum absolute atomic E-state index is 11.1. The van der Waals surface area contributed by atoms with E-state index in [1.165, 1.54) is 11.8 Å². The molecule has 1 aromatic carbocycles. The van der Waals surface area contributed by atoms with Gasteiger partial charge in [0, 0.05) is 11.5 Å². The van der Waals surface area contributed by atoms with Crippen molar-refractivity contribution in [1.29, 1.82) is 0 Å². The van der Waals surface area contributed by atoms with Gasteiger partial charge in [-0.25, -0.2) is 4.98 Å². The first-order valence-electron chi connectivity index (χ1n) is 5.72. The van der Waals surface area contributed by atoms with Gasteiger partial charge in [-0.15, -0.1) is 0 Å². The van der Waals surface area contributed by atoms with Crippen LogP contribution in [0.2, 0.25) is 0 Å². The van der Waals surface area contributed by atoms with E-state index in [9.17, 15) is 4.79 Å². The van der Waals surface area contributed by atoms with Crippen molar-refractivity contribution in [1.82, 2.24) is 9.55 Å². The second-order valence-corrected chi connectivity index (χ2v) is 6.38. The van der Waals surface area contributed by atoms with Crippen LogP contribution in [0.5, 0.6) is 0 Å². The monoisotopic (exact) mass is 339 g/mol. The normalized spacial score (nSPS) is 12.4. The Labute approximate surface area is 124 Å². The molecule has 2 rings (SSSR count). The van der Waals surface area contributed by atoms with Crippen LogP contribution in [0, 0.1) is 0 Å². The first-order chi connectivity index (χ1) is 8.99. The summed E-state index contributed by atoms with van der Waals surface area (Å²) >= 11 is 4.78. The first-order valence-corrected chi connectivity index (χ1v) is 7.40. The second-order valence-electron chi connectivity index (χ2n) is 4.15. The Hall–Kier alpha value is -1.27. The highest BCUT2D eigenvalue weighted by atomic mass is 79.9. The summed E-state index contributed by atoms with van der Waals surface area (Å²) in [5.74, 6) is -0.335. The van der Waals surface area contributed by atoms with Crippen molar-refractivity contribution in [2.75, 3.05) is 0 Å². The molecular weight excluding hydrogens is 326 g/mol. The van der Waals surface area contributed by atoms with E-state index in [1.54, 1.807) is 13.1 Å². The van der Waals surface area contributed by atoms with Crippen LogP contribution in [-0.2, 0) is 11.8 Å². The number of benzene rings is 1. The smallest absolute Gasteiger partial charge is 0.230 e. The molecule has 0 aliphatic carbocycles. The van der Waals surface area contributed by atoms with Crippen molar-refractivity contribution in [2.45, 2.75) is 17.3 Å². The molecule has 2 aromatic rings. The van der Waals surface area contributed by atoms with Crippen molar-refractivity contribution in [2.24, 2.45) is 12.8 Å². The lowest BCUT2D eigenvalue weighted by molar-refractivity contribution is -0.117. The Morgan fingerprint density at radius 1 is 1.42 bits per heavy atom. The average Bonchev–Trinajstić information content (AvgIpc) is 2.72. The zero-order valence-electron chi connectivity index (χ0n) is 10.6. The Morgan fingerprint density at radius 2 is 2.05 bits per heavy atom. The fourth-order valence-corrected chi connectivity index (χ4v) is 2.67. The van der Waals surface area contributed by atoms with Gasteiger partial charge in [-0.05, 0) is 24.6 Å². The van der Waals surface area contributed by atoms with Gasteiger partial charge in [-0.3, -0.25) is 4.79 Å². The summed E-state index contributed by atoms with van der Waals surface area (Å²) in [6.07, 6.45) is 1.80. The highest BCUT2D eigenvalue weighted by Crippen LogP contribution is 2.27. The number of thioether (sulfide) groups is 1. The van der Waals surface area contributed by atoms with Gasteiger partial charge in [-0.1, -0.05) is 39.8 Å². The Kier molecular flexibility index (Phi) is 4.31. The molecule has 0 saturated carbocycles. The van der Waals surface area contributed by atoms with Crippen LogP contribution in [0.1, 0.15) is 6.92 Å². The van der Waals surface area contributed by atoms with Crippen LogP contribution in [0.4, 0.5) is 0 Å². The zero-order valence-corrected chi connectivity index (χ0v) is 13.0. The molecule has 100 valence electrons. The summed E-state index contributed by atoms with van der Waals surface area (Å²) in [7, 11) is 1.93. The Morgan fingerprint density at radius 3 is 2.63 bits per heavy atom. The van der Waals surface area contributed by atoms with E-state index in [0.717, 1.165) is 20.9 Å². The standard InChI is InChI=1S/C13H14BrN3OS/c1-8(12(15)18)19-13-16-7-11(17(13)2)9-3-5-10(14)6-4-9/h3-8H,1-2H3,(H2,15,18)/t8-/m1/s1. The first kappa shape index (κ1) is 14.1. The summed E-state index contributed by atoms with van der Waals surface area (Å²) < 4.78 is 3.00. The predicted octanol–water partition coefficient (Wildman–Crippen LogP) is 2.82. The summed E-state index contributed by atoms with van der Waals surface area (Å²) in [6, 6.07) is 8.02. The summed E-state index contributed by atoms with van der Waals surface area (Å²) in [5.41, 5.74) is 7.35. The summed E-state index contributed by atoms with van der Waals surface area (Å²) in [5, 5.41) is 0.489. The molecule has 1 heterocycles. The van der Waals surface area contributed by atoms with Gasteiger partial charge >= 0.3 is 0 Å². The van der Waals surface area contributed by atoms with Crippen LogP contribution in [0.15, 0.2) is 40.1 Å². The highest BCUT2D eigenvalue weighted by molar-refractivity contribution is 9.10. The van der Waals surface area contributed by atoms with E-state index in [4.69, 9.17) is 5.73 Å². The van der Waals surface area contributed by atoms with Gasteiger partial charge in [0.1, 0.15) is 0 Å². The highest BCUT2D eigenvalue weighted by Gasteiger charge is 2.15. The average molecular weight is 340 g/mol. The number of primary amides is 1. The minimum Gasteiger partial charge on any atom is -0.369 e. The molecule has 0 aliphatic heterocycles. The van der Waals surface area contributed by atoms with Crippen LogP contribution < -0.4 is 5.73 Å². The fourth-order valence-electron chi connectivity index (χ4n) is 1.61. The van der Waals surface area contributed by atoms with Crippen molar-refractivity contribution >= 4 is 33.6 Å². The van der Waals surface area contributed by atoms with Crippen molar-refractivity contribution in [3.8, 4) is 11.3 Å². The van der Waals surface area contributed by atoms with Gasteiger partial charge in [0.15, 0.2) is 5.16 Å². The number of rotatable bonds is 4. The second kappa shape index (κ2) is 5.79. The molecule has 0 saturated heterocycles. The van der Waals surface area contributed by atoms with Crippen LogP contribution in [-0.4, -0.2) is 20.7 Å². The number of carbonyl (C=O) groups is 1. The molecule has 1 aromatic heterocycles. The molecule has 19 heavy (non-hydrogen) atoms. The molecule has 0 radical (unpaired) electrons. The number of halogens is 1. The van der Waals surface area contributed by atoms with Crippen LogP contribution in [0.25, 0.3) is 11.3 Å². The molecule has 6 heteroatoms. The number of hydrogen-bond acceptors (Lipinski definition) is 3. The molecule has 2 N–H and O–H groups in total. The largest absolute Gasteiger partial charge is 0.369 e. The number of aromatic nitrogens is 2. The van der Waals surface area contributed by atoms with Gasteiger partial charge in [0.25, 0.3) is 0 Å². The van der Waals surface area contributed by atoms with Gasteiger partial charge < -0.3 is 10.3 Å². The van der Waals surface area contributed by atoms with E-state index < -0.39 is 0 Å². The molecular formula is C13H14BrN3OS. The molecule has 0 fully saturated rings. The SMILES string of the molecule is C[C@@H](Sc1ncc(-c2ccc(Br)cc2)n1C)C(N)=O. The Balaban J connectivity index is 2.27. The van der Waals surface area contributed by atoms with E-state index in [1.807, 2.05) is 35.9 Å². The molecule has 4 nitrogen and oxygen atoms in total. The molecule has 0 aliphatic rings. The number of nitrogens with zero attached hydrogens (tertiary/aromatic N) is 2. The predicted molar refractivity (Wildman–Crippen MR) is 80.9 cm³/mol. The summed E-state index contributed by atoms with van der Waals surface area (Å²) in [4.78, 5) is 15.4. The number of amides is 1. The van der Waals surface area contributed by atoms with Crippen molar-refractivity contribution in [3.05, 3.63) is 34.9 Å². The molecule has 0 spiro atoms. The number of nitrogens with two attached hydrogens (primary N) is 1. The number of hydrogen-bond donors (Lipinski definition) is 1. The lowest BCUT2D eigenvalue weighted by atomic mass is 10.2. The van der Waals surface area contributed by atoms with E-state index in [2.05, 4.69) is 20.9 Å². The third-order valence-corrected chi connectivity index (χ3v) is 4.47. The maximum atomic E-state index is 11.1. The molecule has 0 unspecified atom stereocenters. The topological polar surface area (TPSA) is 60.9 Å². The molecule has 1 amide bonds. The van der Waals surface area contributed by atoms with Crippen LogP contribution in [0.3, 0.4) is 0 Å². The third-order valence-electron chi connectivity index (χ3n) is 2.77. The van der Waals surface area contributed by atoms with E-state index in [-0.39, 0.29) is 11.2 Å². The minimum atomic E-state index is -0.335. The quantitative estimate of drug-likeness (QED) is 0.871. The zero-order chi connectivity index (χ0) is 14.0. The molecule has 0 bridgehead atoms. The van der Waals surface area contributed by atoms with Crippen molar-refractivity contribution < 1.29 is 4.79 Å². The maximum Gasteiger partial charge on any atom is 0.230 e. The van der Waals surface area contributed by atoms with Crippen LogP contribution >= 0.6 is 27.7 Å². The van der Waals surface area contributed by atoms with E-state index >= 15 is 0 Å². The van der Waals surface area contributed by atoms with Gasteiger partial charge in [-0.2, -0.15) is 0 Å². The minimum absolute atomic E-state index is 0.293. The number of imidazole rings is 1. The van der Waals surface area contributed by atoms with Gasteiger partial charge in [0.2, 0.25) is 5.91 Å². The Bertz CT molecular complexity index is 594. The van der Waals surface area contributed by atoms with Gasteiger partial charge in [0.05, 0.1) is 17.1 Å². The number of carbonyl (C=O) groups excluding carboxylic acids is 1. The lowest BCUT2D eigenvalue weighted by Gasteiger charge is -2.08. The fraction of sp³-hybridized carbons (Fsp3) is 0.231. The summed E-state index contributed by atoms with van der Waals surface area (Å²) in [6.45, 7) is 1.78. The lowest BCUT2D eigenvalue weighted by Crippen LogP contribution is -2.22. The van der Waals surface area contributed by atoms with E-state index in [0.29, 0.717) is 0 Å².